The van der Waals surface area contributed by atoms with Gasteiger partial charge in [-0.25, -0.2) is 4.52 Å². The smallest absolute Gasteiger partial charge is 0.266 e. The molecule has 0 unspecified atom stereocenters. The minimum atomic E-state index is 0.644. The van der Waals surface area contributed by atoms with E-state index in [0.29, 0.717) is 18.3 Å². The molecule has 5 heterocycles. The molecule has 0 bridgehead atoms. The first kappa shape index (κ1) is 19.5. The lowest BCUT2D eigenvalue weighted by Crippen LogP contribution is -2.46. The second kappa shape index (κ2) is 8.09. The van der Waals surface area contributed by atoms with Crippen LogP contribution < -0.4 is 9.80 Å². The van der Waals surface area contributed by atoms with Gasteiger partial charge in [0.2, 0.25) is 5.89 Å². The lowest BCUT2D eigenvalue weighted by Gasteiger charge is -2.34. The van der Waals surface area contributed by atoms with E-state index in [1.165, 1.54) is 0 Å². The third kappa shape index (κ3) is 3.82. The lowest BCUT2D eigenvalue weighted by molar-refractivity contribution is 0.383. The normalized spacial score (nSPS) is 14.3. The standard InChI is InChI=1S/C24H24N8O/c1-29-16-20(14-25-29)19-7-8-21-22(15-26-32(21)17-19)30-9-11-31(12-10-30)24-27-23(33-28-24)13-18-5-3-2-4-6-18/h2-8,14-17H,9-13H2,1H3. The number of hydrogen-bond donors (Lipinski definition) is 0. The molecule has 0 atom stereocenters. The zero-order valence-corrected chi connectivity index (χ0v) is 18.4. The minimum absolute atomic E-state index is 0.644. The van der Waals surface area contributed by atoms with Crippen molar-refractivity contribution in [2.24, 2.45) is 7.05 Å². The molecule has 1 fully saturated rings. The van der Waals surface area contributed by atoms with Crippen LogP contribution in [0.1, 0.15) is 11.5 Å². The summed E-state index contributed by atoms with van der Waals surface area (Å²) in [5.41, 5.74) is 5.58. The maximum Gasteiger partial charge on any atom is 0.266 e. The molecule has 33 heavy (non-hydrogen) atoms. The number of anilines is 2. The van der Waals surface area contributed by atoms with Crippen LogP contribution in [0, 0.1) is 0 Å². The summed E-state index contributed by atoms with van der Waals surface area (Å²) >= 11 is 0. The third-order valence-electron chi connectivity index (χ3n) is 6.09. The molecule has 166 valence electrons. The maximum absolute atomic E-state index is 5.49. The fourth-order valence-corrected chi connectivity index (χ4v) is 4.32. The zero-order valence-electron chi connectivity index (χ0n) is 18.4. The average Bonchev–Trinajstić information content (AvgIpc) is 3.59. The van der Waals surface area contributed by atoms with Crippen molar-refractivity contribution < 1.29 is 4.52 Å². The fourth-order valence-electron chi connectivity index (χ4n) is 4.32. The summed E-state index contributed by atoms with van der Waals surface area (Å²) in [5.74, 6) is 1.31. The molecule has 6 rings (SSSR count). The molecule has 1 aliphatic rings. The summed E-state index contributed by atoms with van der Waals surface area (Å²) in [6, 6.07) is 14.4. The van der Waals surface area contributed by atoms with E-state index in [1.807, 2.05) is 53.0 Å². The highest BCUT2D eigenvalue weighted by atomic mass is 16.5. The molecular formula is C24H24N8O. The number of rotatable bonds is 5. The van der Waals surface area contributed by atoms with Gasteiger partial charge in [0.05, 0.1) is 30.0 Å². The first-order valence-corrected chi connectivity index (χ1v) is 11.1. The molecule has 9 nitrogen and oxygen atoms in total. The highest BCUT2D eigenvalue weighted by Crippen LogP contribution is 2.27. The molecule has 5 aromatic rings. The zero-order chi connectivity index (χ0) is 22.2. The Kier molecular flexibility index (Phi) is 4.79. The molecular weight excluding hydrogens is 416 g/mol. The van der Waals surface area contributed by atoms with Crippen molar-refractivity contribution in [3.8, 4) is 11.1 Å². The molecule has 0 spiro atoms. The number of aryl methyl sites for hydroxylation is 1. The lowest BCUT2D eigenvalue weighted by atomic mass is 10.1. The summed E-state index contributed by atoms with van der Waals surface area (Å²) in [4.78, 5) is 9.16. The summed E-state index contributed by atoms with van der Waals surface area (Å²) in [6.07, 6.45) is 8.53. The minimum Gasteiger partial charge on any atom is -0.365 e. The van der Waals surface area contributed by atoms with Crippen LogP contribution in [0.15, 0.2) is 71.8 Å². The molecule has 4 aromatic heterocycles. The van der Waals surface area contributed by atoms with Crippen LogP contribution in [0.5, 0.6) is 0 Å². The van der Waals surface area contributed by atoms with Gasteiger partial charge in [-0.15, -0.1) is 0 Å². The van der Waals surface area contributed by atoms with Crippen molar-refractivity contribution in [2.75, 3.05) is 36.0 Å². The van der Waals surface area contributed by atoms with Gasteiger partial charge in [0.15, 0.2) is 0 Å². The van der Waals surface area contributed by atoms with Gasteiger partial charge in [-0.1, -0.05) is 36.4 Å². The van der Waals surface area contributed by atoms with Gasteiger partial charge in [-0.3, -0.25) is 4.68 Å². The topological polar surface area (TPSA) is 80.5 Å². The van der Waals surface area contributed by atoms with Crippen molar-refractivity contribution >= 4 is 17.2 Å². The Balaban J connectivity index is 1.14. The Bertz CT molecular complexity index is 1380. The van der Waals surface area contributed by atoms with Crippen molar-refractivity contribution in [1.29, 1.82) is 0 Å². The van der Waals surface area contributed by atoms with Gasteiger partial charge in [-0.05, 0) is 16.8 Å². The average molecular weight is 441 g/mol. The number of benzene rings is 1. The van der Waals surface area contributed by atoms with E-state index in [1.54, 1.807) is 0 Å². The highest BCUT2D eigenvalue weighted by molar-refractivity contribution is 5.75. The molecule has 1 aromatic carbocycles. The van der Waals surface area contributed by atoms with Crippen molar-refractivity contribution in [2.45, 2.75) is 6.42 Å². The van der Waals surface area contributed by atoms with E-state index in [-0.39, 0.29) is 0 Å². The van der Waals surface area contributed by atoms with Gasteiger partial charge in [0.25, 0.3) is 5.95 Å². The summed E-state index contributed by atoms with van der Waals surface area (Å²) in [7, 11) is 1.92. The van der Waals surface area contributed by atoms with Crippen LogP contribution in [0.4, 0.5) is 11.6 Å². The molecule has 1 aliphatic heterocycles. The predicted molar refractivity (Wildman–Crippen MR) is 125 cm³/mol. The number of hydrogen-bond acceptors (Lipinski definition) is 7. The number of pyridine rings is 1. The molecule has 1 saturated heterocycles. The van der Waals surface area contributed by atoms with Gasteiger partial charge >= 0.3 is 0 Å². The van der Waals surface area contributed by atoms with Gasteiger partial charge in [0.1, 0.15) is 0 Å². The van der Waals surface area contributed by atoms with Crippen LogP contribution >= 0.6 is 0 Å². The molecule has 0 aliphatic carbocycles. The van der Waals surface area contributed by atoms with Gasteiger partial charge in [-0.2, -0.15) is 15.2 Å². The van der Waals surface area contributed by atoms with Crippen LogP contribution in [-0.2, 0) is 13.5 Å². The van der Waals surface area contributed by atoms with Crippen LogP contribution in [0.2, 0.25) is 0 Å². The Hall–Kier alpha value is -4.14. The van der Waals surface area contributed by atoms with Crippen molar-refractivity contribution in [3.63, 3.8) is 0 Å². The van der Waals surface area contributed by atoms with Crippen LogP contribution in [0.3, 0.4) is 0 Å². The molecule has 0 N–H and O–H groups in total. The first-order chi connectivity index (χ1) is 16.2. The van der Waals surface area contributed by atoms with E-state index in [4.69, 9.17) is 4.52 Å². The van der Waals surface area contributed by atoms with Crippen molar-refractivity contribution in [1.82, 2.24) is 29.5 Å². The summed E-state index contributed by atoms with van der Waals surface area (Å²) in [6.45, 7) is 3.40. The Morgan fingerprint density at radius 1 is 0.848 bits per heavy atom. The molecule has 0 saturated carbocycles. The fraction of sp³-hybridized carbons (Fsp3) is 0.250. The monoisotopic (exact) mass is 440 g/mol. The summed E-state index contributed by atoms with van der Waals surface area (Å²) < 4.78 is 9.24. The Morgan fingerprint density at radius 2 is 1.67 bits per heavy atom. The van der Waals surface area contributed by atoms with Gasteiger partial charge in [0, 0.05) is 56.7 Å². The first-order valence-electron chi connectivity index (χ1n) is 11.1. The van der Waals surface area contributed by atoms with E-state index < -0.39 is 0 Å². The second-order valence-electron chi connectivity index (χ2n) is 8.30. The largest absolute Gasteiger partial charge is 0.365 e. The third-order valence-corrected chi connectivity index (χ3v) is 6.09. The molecule has 9 heteroatoms. The number of aromatic nitrogens is 6. The van der Waals surface area contributed by atoms with E-state index in [0.717, 1.165) is 54.1 Å². The second-order valence-corrected chi connectivity index (χ2v) is 8.30. The number of fused-ring (bicyclic) bond motifs is 1. The molecule has 0 radical (unpaired) electrons. The van der Waals surface area contributed by atoms with Gasteiger partial charge < -0.3 is 14.3 Å². The predicted octanol–water partition coefficient (Wildman–Crippen LogP) is 3.04. The maximum atomic E-state index is 5.49. The van der Waals surface area contributed by atoms with E-state index in [9.17, 15) is 0 Å². The Labute approximate surface area is 190 Å². The molecule has 0 amide bonds. The summed E-state index contributed by atoms with van der Waals surface area (Å²) in [5, 5.41) is 13.1. The van der Waals surface area contributed by atoms with Crippen LogP contribution in [0.25, 0.3) is 16.6 Å². The highest BCUT2D eigenvalue weighted by Gasteiger charge is 2.23. The quantitative estimate of drug-likeness (QED) is 0.416. The number of nitrogens with zero attached hydrogens (tertiary/aromatic N) is 8. The van der Waals surface area contributed by atoms with Crippen molar-refractivity contribution in [3.05, 3.63) is 78.7 Å². The van der Waals surface area contributed by atoms with E-state index >= 15 is 0 Å². The Morgan fingerprint density at radius 3 is 2.45 bits per heavy atom. The van der Waals surface area contributed by atoms with E-state index in [2.05, 4.69) is 60.6 Å². The SMILES string of the molecule is Cn1cc(-c2ccc3c(N4CCN(c5noc(Cc6ccccc6)n5)CC4)cnn3c2)cn1. The number of piperazine rings is 1. The van der Waals surface area contributed by atoms with Crippen LogP contribution in [-0.4, -0.2) is 55.7 Å².